The molecule has 2 rings (SSSR count). The zero-order valence-electron chi connectivity index (χ0n) is 12.1. The average Bonchev–Trinajstić information content (AvgIpc) is 2.90. The van der Waals surface area contributed by atoms with Crippen LogP contribution in [0, 0.1) is 0 Å². The standard InChI is InChI=1S/C14H22N4O2/c1-3-18(4-2)12-6-5-11(9-16-12)17-13(19)14(15)7-8-20-10-14/h5-6,9H,3-4,7-8,10,15H2,1-2H3,(H,17,19). The highest BCUT2D eigenvalue weighted by molar-refractivity contribution is 5.98. The first-order valence-corrected chi connectivity index (χ1v) is 6.98. The van der Waals surface area contributed by atoms with Crippen molar-refractivity contribution in [3.05, 3.63) is 18.3 Å². The van der Waals surface area contributed by atoms with Gasteiger partial charge in [-0.05, 0) is 32.4 Å². The molecule has 0 aromatic carbocycles. The van der Waals surface area contributed by atoms with E-state index in [-0.39, 0.29) is 12.5 Å². The molecular formula is C14H22N4O2. The molecule has 1 saturated heterocycles. The van der Waals surface area contributed by atoms with E-state index >= 15 is 0 Å². The van der Waals surface area contributed by atoms with E-state index in [1.807, 2.05) is 12.1 Å². The van der Waals surface area contributed by atoms with Crippen molar-refractivity contribution < 1.29 is 9.53 Å². The molecule has 0 radical (unpaired) electrons. The Morgan fingerprint density at radius 2 is 2.25 bits per heavy atom. The van der Waals surface area contributed by atoms with Gasteiger partial charge in [-0.2, -0.15) is 0 Å². The SMILES string of the molecule is CCN(CC)c1ccc(NC(=O)C2(N)CCOC2)cn1. The Morgan fingerprint density at radius 3 is 2.75 bits per heavy atom. The van der Waals surface area contributed by atoms with E-state index < -0.39 is 5.54 Å². The van der Waals surface area contributed by atoms with Crippen LogP contribution in [0.15, 0.2) is 18.3 Å². The molecule has 1 fully saturated rings. The number of pyridine rings is 1. The molecular weight excluding hydrogens is 256 g/mol. The van der Waals surface area contributed by atoms with Crippen molar-refractivity contribution in [3.63, 3.8) is 0 Å². The maximum atomic E-state index is 12.1. The lowest BCUT2D eigenvalue weighted by molar-refractivity contribution is -0.121. The van der Waals surface area contributed by atoms with Gasteiger partial charge in [0.15, 0.2) is 0 Å². The molecule has 1 unspecified atom stereocenters. The molecule has 0 aliphatic carbocycles. The van der Waals surface area contributed by atoms with Gasteiger partial charge < -0.3 is 20.7 Å². The van der Waals surface area contributed by atoms with Crippen LogP contribution in [0.1, 0.15) is 20.3 Å². The minimum atomic E-state index is -0.919. The number of amides is 1. The summed E-state index contributed by atoms with van der Waals surface area (Å²) in [6, 6.07) is 3.74. The van der Waals surface area contributed by atoms with Gasteiger partial charge in [-0.25, -0.2) is 4.98 Å². The van der Waals surface area contributed by atoms with Crippen LogP contribution in [0.5, 0.6) is 0 Å². The van der Waals surface area contributed by atoms with Gasteiger partial charge >= 0.3 is 0 Å². The Balaban J connectivity index is 2.02. The third kappa shape index (κ3) is 3.08. The monoisotopic (exact) mass is 278 g/mol. The molecule has 2 heterocycles. The zero-order valence-corrected chi connectivity index (χ0v) is 12.1. The normalized spacial score (nSPS) is 21.8. The van der Waals surface area contributed by atoms with Crippen molar-refractivity contribution in [1.82, 2.24) is 4.98 Å². The summed E-state index contributed by atoms with van der Waals surface area (Å²) in [5, 5.41) is 2.80. The maximum absolute atomic E-state index is 12.1. The van der Waals surface area contributed by atoms with Crippen molar-refractivity contribution in [3.8, 4) is 0 Å². The van der Waals surface area contributed by atoms with Gasteiger partial charge in [-0.3, -0.25) is 4.79 Å². The van der Waals surface area contributed by atoms with E-state index in [4.69, 9.17) is 10.5 Å². The third-order valence-corrected chi connectivity index (χ3v) is 3.60. The molecule has 6 nitrogen and oxygen atoms in total. The fourth-order valence-electron chi connectivity index (χ4n) is 2.21. The van der Waals surface area contributed by atoms with Gasteiger partial charge in [0.2, 0.25) is 5.91 Å². The molecule has 0 spiro atoms. The van der Waals surface area contributed by atoms with Gasteiger partial charge in [0.25, 0.3) is 0 Å². The molecule has 6 heteroatoms. The summed E-state index contributed by atoms with van der Waals surface area (Å²) >= 11 is 0. The fraction of sp³-hybridized carbons (Fsp3) is 0.571. The minimum absolute atomic E-state index is 0.215. The summed E-state index contributed by atoms with van der Waals surface area (Å²) in [5.74, 6) is 0.687. The molecule has 1 aromatic heterocycles. The van der Waals surface area contributed by atoms with E-state index in [2.05, 4.69) is 29.0 Å². The lowest BCUT2D eigenvalue weighted by Gasteiger charge is -2.22. The second-order valence-corrected chi connectivity index (χ2v) is 4.99. The molecule has 1 amide bonds. The Bertz CT molecular complexity index is 451. The zero-order chi connectivity index (χ0) is 14.6. The quantitative estimate of drug-likeness (QED) is 0.839. The van der Waals surface area contributed by atoms with Gasteiger partial charge in [0.1, 0.15) is 11.4 Å². The first-order valence-electron chi connectivity index (χ1n) is 6.98. The Labute approximate surface area is 119 Å². The number of hydrogen-bond donors (Lipinski definition) is 2. The molecule has 3 N–H and O–H groups in total. The number of carbonyl (C=O) groups is 1. The topological polar surface area (TPSA) is 80.5 Å². The smallest absolute Gasteiger partial charge is 0.246 e. The molecule has 0 bridgehead atoms. The lowest BCUT2D eigenvalue weighted by Crippen LogP contribution is -2.51. The first kappa shape index (κ1) is 14.7. The lowest BCUT2D eigenvalue weighted by atomic mass is 9.99. The summed E-state index contributed by atoms with van der Waals surface area (Å²) < 4.78 is 5.19. The van der Waals surface area contributed by atoms with Crippen molar-refractivity contribution in [2.45, 2.75) is 25.8 Å². The van der Waals surface area contributed by atoms with Crippen LogP contribution >= 0.6 is 0 Å². The number of nitrogens with two attached hydrogens (primary N) is 1. The molecule has 20 heavy (non-hydrogen) atoms. The summed E-state index contributed by atoms with van der Waals surface area (Å²) in [7, 11) is 0. The number of carbonyl (C=O) groups excluding carboxylic acids is 1. The van der Waals surface area contributed by atoms with E-state index in [0.29, 0.717) is 18.7 Å². The van der Waals surface area contributed by atoms with Crippen LogP contribution in [0.3, 0.4) is 0 Å². The Kier molecular flexibility index (Phi) is 4.57. The summed E-state index contributed by atoms with van der Waals surface area (Å²) in [6.07, 6.45) is 2.20. The molecule has 1 aromatic rings. The summed E-state index contributed by atoms with van der Waals surface area (Å²) in [5.41, 5.74) is 5.74. The molecule has 110 valence electrons. The summed E-state index contributed by atoms with van der Waals surface area (Å²) in [6.45, 7) is 6.77. The Hall–Kier alpha value is -1.66. The first-order chi connectivity index (χ1) is 9.59. The second-order valence-electron chi connectivity index (χ2n) is 4.99. The van der Waals surface area contributed by atoms with Crippen molar-refractivity contribution in [1.29, 1.82) is 0 Å². The number of nitrogens with one attached hydrogen (secondary N) is 1. The van der Waals surface area contributed by atoms with Crippen LogP contribution in [0.4, 0.5) is 11.5 Å². The highest BCUT2D eigenvalue weighted by atomic mass is 16.5. The second kappa shape index (κ2) is 6.19. The number of hydrogen-bond acceptors (Lipinski definition) is 5. The third-order valence-electron chi connectivity index (χ3n) is 3.60. The van der Waals surface area contributed by atoms with Crippen molar-refractivity contribution >= 4 is 17.4 Å². The van der Waals surface area contributed by atoms with E-state index in [0.717, 1.165) is 18.9 Å². The number of rotatable bonds is 5. The largest absolute Gasteiger partial charge is 0.379 e. The van der Waals surface area contributed by atoms with Crippen molar-refractivity contribution in [2.24, 2.45) is 5.73 Å². The van der Waals surface area contributed by atoms with Crippen LogP contribution in [-0.2, 0) is 9.53 Å². The van der Waals surface area contributed by atoms with Gasteiger partial charge in [-0.15, -0.1) is 0 Å². The minimum Gasteiger partial charge on any atom is -0.379 e. The number of aromatic nitrogens is 1. The predicted molar refractivity (Wildman–Crippen MR) is 78.8 cm³/mol. The van der Waals surface area contributed by atoms with E-state index in [1.165, 1.54) is 0 Å². The van der Waals surface area contributed by atoms with E-state index in [1.54, 1.807) is 6.20 Å². The van der Waals surface area contributed by atoms with Crippen LogP contribution < -0.4 is 16.0 Å². The predicted octanol–water partition coefficient (Wildman–Crippen LogP) is 0.984. The Morgan fingerprint density at radius 1 is 1.50 bits per heavy atom. The molecule has 1 aliphatic rings. The van der Waals surface area contributed by atoms with E-state index in [9.17, 15) is 4.79 Å². The highest BCUT2D eigenvalue weighted by Gasteiger charge is 2.38. The number of ether oxygens (including phenoxy) is 1. The van der Waals surface area contributed by atoms with Crippen molar-refractivity contribution in [2.75, 3.05) is 36.5 Å². The highest BCUT2D eigenvalue weighted by Crippen LogP contribution is 2.19. The molecule has 0 saturated carbocycles. The fourth-order valence-corrected chi connectivity index (χ4v) is 2.21. The number of anilines is 2. The van der Waals surface area contributed by atoms with Crippen LogP contribution in [0.2, 0.25) is 0 Å². The molecule has 1 atom stereocenters. The van der Waals surface area contributed by atoms with Crippen LogP contribution in [-0.4, -0.2) is 42.7 Å². The van der Waals surface area contributed by atoms with Gasteiger partial charge in [-0.1, -0.05) is 0 Å². The maximum Gasteiger partial charge on any atom is 0.246 e. The summed E-state index contributed by atoms with van der Waals surface area (Å²) in [4.78, 5) is 18.6. The molecule has 1 aliphatic heterocycles. The number of nitrogens with zero attached hydrogens (tertiary/aromatic N) is 2. The van der Waals surface area contributed by atoms with Gasteiger partial charge in [0, 0.05) is 19.7 Å². The van der Waals surface area contributed by atoms with Gasteiger partial charge in [0.05, 0.1) is 18.5 Å². The van der Waals surface area contributed by atoms with Crippen LogP contribution in [0.25, 0.3) is 0 Å². The average molecular weight is 278 g/mol.